The zero-order valence-electron chi connectivity index (χ0n) is 10.00. The molecule has 0 spiro atoms. The number of nitrogens with zero attached hydrogens (tertiary/aromatic N) is 2. The first-order valence-corrected chi connectivity index (χ1v) is 6.10. The topological polar surface area (TPSA) is 27.0 Å². The molecule has 0 fully saturated rings. The molecule has 0 N–H and O–H groups in total. The first-order chi connectivity index (χ1) is 7.48. The Hall–Kier alpha value is -0.850. The summed E-state index contributed by atoms with van der Waals surface area (Å²) in [7, 11) is 3.90. The van der Waals surface area contributed by atoms with E-state index in [-0.39, 0.29) is 5.54 Å². The molecule has 0 aliphatic rings. The van der Waals surface area contributed by atoms with E-state index in [0.717, 1.165) is 17.3 Å². The normalized spacial score (nSPS) is 14.5. The van der Waals surface area contributed by atoms with E-state index in [4.69, 9.17) is 0 Å². The Morgan fingerprint density at radius 2 is 1.88 bits per heavy atom. The molecule has 0 heterocycles. The second-order valence-corrected chi connectivity index (χ2v) is 5.32. The van der Waals surface area contributed by atoms with Gasteiger partial charge in [-0.1, -0.05) is 28.1 Å². The predicted molar refractivity (Wildman–Crippen MR) is 70.2 cm³/mol. The van der Waals surface area contributed by atoms with Crippen LogP contribution in [0.5, 0.6) is 0 Å². The summed E-state index contributed by atoms with van der Waals surface area (Å²) in [6, 6.07) is 10.6. The maximum atomic E-state index is 9.18. The fourth-order valence-electron chi connectivity index (χ4n) is 1.42. The lowest BCUT2D eigenvalue weighted by atomic mass is 9.94. The lowest BCUT2D eigenvalue weighted by molar-refractivity contribution is 0.224. The molecule has 0 bridgehead atoms. The SMILES string of the molecule is CN(C)C(C)(C#N)CCc1ccc(Br)cc1. The summed E-state index contributed by atoms with van der Waals surface area (Å²) in [6.07, 6.45) is 1.77. The molecule has 2 nitrogen and oxygen atoms in total. The van der Waals surface area contributed by atoms with Crippen molar-refractivity contribution in [3.63, 3.8) is 0 Å². The van der Waals surface area contributed by atoms with E-state index in [2.05, 4.69) is 34.1 Å². The monoisotopic (exact) mass is 280 g/mol. The Labute approximate surface area is 106 Å². The largest absolute Gasteiger partial charge is 0.292 e. The minimum absolute atomic E-state index is 0.382. The van der Waals surface area contributed by atoms with Crippen molar-refractivity contribution < 1.29 is 0 Å². The Kier molecular flexibility index (Phi) is 4.52. The van der Waals surface area contributed by atoms with Crippen LogP contribution in [0.2, 0.25) is 0 Å². The number of hydrogen-bond acceptors (Lipinski definition) is 2. The van der Waals surface area contributed by atoms with Crippen LogP contribution in [0.25, 0.3) is 0 Å². The van der Waals surface area contributed by atoms with Crippen LogP contribution in [-0.4, -0.2) is 24.5 Å². The summed E-state index contributed by atoms with van der Waals surface area (Å²) in [6.45, 7) is 1.98. The zero-order valence-corrected chi connectivity index (χ0v) is 11.6. The minimum Gasteiger partial charge on any atom is -0.292 e. The molecule has 0 aromatic heterocycles. The van der Waals surface area contributed by atoms with Gasteiger partial charge in [0.2, 0.25) is 0 Å². The summed E-state index contributed by atoms with van der Waals surface area (Å²) in [5.74, 6) is 0. The molecule has 1 aromatic rings. The minimum atomic E-state index is -0.382. The number of nitriles is 1. The third-order valence-corrected chi connectivity index (χ3v) is 3.57. The van der Waals surface area contributed by atoms with Crippen LogP contribution in [0.1, 0.15) is 18.9 Å². The maximum Gasteiger partial charge on any atom is 0.106 e. The molecule has 0 amide bonds. The highest BCUT2D eigenvalue weighted by Crippen LogP contribution is 2.19. The van der Waals surface area contributed by atoms with Crippen LogP contribution in [0, 0.1) is 11.3 Å². The molecule has 1 unspecified atom stereocenters. The summed E-state index contributed by atoms with van der Waals surface area (Å²) in [5, 5.41) is 9.18. The van der Waals surface area contributed by atoms with Gasteiger partial charge in [0.25, 0.3) is 0 Å². The second kappa shape index (κ2) is 5.47. The highest BCUT2D eigenvalue weighted by molar-refractivity contribution is 9.10. The van der Waals surface area contributed by atoms with Gasteiger partial charge in [-0.05, 0) is 51.6 Å². The Bertz CT molecular complexity index is 378. The van der Waals surface area contributed by atoms with Gasteiger partial charge < -0.3 is 0 Å². The van der Waals surface area contributed by atoms with Crippen molar-refractivity contribution in [2.75, 3.05) is 14.1 Å². The van der Waals surface area contributed by atoms with Crippen molar-refractivity contribution in [3.05, 3.63) is 34.3 Å². The van der Waals surface area contributed by atoms with Gasteiger partial charge in [-0.25, -0.2) is 0 Å². The van der Waals surface area contributed by atoms with Crippen LogP contribution in [-0.2, 0) is 6.42 Å². The first kappa shape index (κ1) is 13.2. The molecule has 16 heavy (non-hydrogen) atoms. The number of halogens is 1. The van der Waals surface area contributed by atoms with Gasteiger partial charge in [-0.2, -0.15) is 5.26 Å². The summed E-state index contributed by atoms with van der Waals surface area (Å²) in [4.78, 5) is 1.98. The van der Waals surface area contributed by atoms with Gasteiger partial charge in [-0.15, -0.1) is 0 Å². The number of hydrogen-bond donors (Lipinski definition) is 0. The van der Waals surface area contributed by atoms with E-state index in [0.29, 0.717) is 0 Å². The lowest BCUT2D eigenvalue weighted by Gasteiger charge is -2.29. The number of rotatable bonds is 4. The van der Waals surface area contributed by atoms with Crippen molar-refractivity contribution in [3.8, 4) is 6.07 Å². The van der Waals surface area contributed by atoms with Gasteiger partial charge in [0.15, 0.2) is 0 Å². The van der Waals surface area contributed by atoms with Gasteiger partial charge in [-0.3, -0.25) is 4.90 Å². The number of benzene rings is 1. The Balaban J connectivity index is 2.64. The van der Waals surface area contributed by atoms with Gasteiger partial charge in [0.1, 0.15) is 5.54 Å². The molecular weight excluding hydrogens is 264 g/mol. The van der Waals surface area contributed by atoms with Crippen LogP contribution in [0.3, 0.4) is 0 Å². The fourth-order valence-corrected chi connectivity index (χ4v) is 1.68. The molecule has 0 aliphatic heterocycles. The average Bonchev–Trinajstić information content (AvgIpc) is 2.27. The molecule has 1 rings (SSSR count). The van der Waals surface area contributed by atoms with E-state index in [1.54, 1.807) is 0 Å². The van der Waals surface area contributed by atoms with E-state index in [9.17, 15) is 5.26 Å². The Morgan fingerprint density at radius 3 is 2.31 bits per heavy atom. The predicted octanol–water partition coefficient (Wildman–Crippen LogP) is 3.23. The van der Waals surface area contributed by atoms with Crippen LogP contribution in [0.15, 0.2) is 28.7 Å². The maximum absolute atomic E-state index is 9.18. The molecule has 3 heteroatoms. The molecule has 0 saturated heterocycles. The van der Waals surface area contributed by atoms with E-state index < -0.39 is 0 Å². The van der Waals surface area contributed by atoms with Crippen molar-refractivity contribution in [1.82, 2.24) is 4.90 Å². The third kappa shape index (κ3) is 3.33. The van der Waals surface area contributed by atoms with E-state index in [1.807, 2.05) is 38.1 Å². The zero-order chi connectivity index (χ0) is 12.2. The lowest BCUT2D eigenvalue weighted by Crippen LogP contribution is -2.40. The highest BCUT2D eigenvalue weighted by atomic mass is 79.9. The smallest absolute Gasteiger partial charge is 0.106 e. The summed E-state index contributed by atoms with van der Waals surface area (Å²) in [5.41, 5.74) is 0.888. The standard InChI is InChI=1S/C13H17BrN2/c1-13(10-15,16(2)3)9-8-11-4-6-12(14)7-5-11/h4-7H,8-9H2,1-3H3. The molecule has 86 valence electrons. The van der Waals surface area contributed by atoms with E-state index >= 15 is 0 Å². The molecule has 1 aromatic carbocycles. The number of aryl methyl sites for hydroxylation is 1. The van der Waals surface area contributed by atoms with Crippen molar-refractivity contribution in [2.45, 2.75) is 25.3 Å². The second-order valence-electron chi connectivity index (χ2n) is 4.41. The summed E-state index contributed by atoms with van der Waals surface area (Å²) >= 11 is 3.41. The van der Waals surface area contributed by atoms with Crippen LogP contribution >= 0.6 is 15.9 Å². The molecule has 0 aliphatic carbocycles. The molecule has 1 atom stereocenters. The average molecular weight is 281 g/mol. The first-order valence-electron chi connectivity index (χ1n) is 5.31. The Morgan fingerprint density at radius 1 is 1.31 bits per heavy atom. The van der Waals surface area contributed by atoms with Gasteiger partial charge >= 0.3 is 0 Å². The molecule has 0 radical (unpaired) electrons. The van der Waals surface area contributed by atoms with Crippen LogP contribution in [0.4, 0.5) is 0 Å². The molecular formula is C13H17BrN2. The van der Waals surface area contributed by atoms with Gasteiger partial charge in [0.05, 0.1) is 6.07 Å². The van der Waals surface area contributed by atoms with Crippen molar-refractivity contribution in [1.29, 1.82) is 5.26 Å². The fraction of sp³-hybridized carbons (Fsp3) is 0.462. The van der Waals surface area contributed by atoms with Gasteiger partial charge in [0, 0.05) is 4.47 Å². The van der Waals surface area contributed by atoms with Crippen LogP contribution < -0.4 is 0 Å². The molecule has 0 saturated carbocycles. The third-order valence-electron chi connectivity index (χ3n) is 3.04. The van der Waals surface area contributed by atoms with E-state index in [1.165, 1.54) is 5.56 Å². The highest BCUT2D eigenvalue weighted by Gasteiger charge is 2.25. The summed E-state index contributed by atoms with van der Waals surface area (Å²) < 4.78 is 1.09. The van der Waals surface area contributed by atoms with Crippen molar-refractivity contribution >= 4 is 15.9 Å². The van der Waals surface area contributed by atoms with Crippen molar-refractivity contribution in [2.24, 2.45) is 0 Å². The quantitative estimate of drug-likeness (QED) is 0.847.